The Morgan fingerprint density at radius 3 is 1.40 bits per heavy atom. The molecule has 8 aliphatic heterocycles. The molecule has 2 N–H and O–H groups in total. The van der Waals surface area contributed by atoms with Gasteiger partial charge in [0.1, 0.15) is 0 Å². The van der Waals surface area contributed by atoms with Crippen molar-refractivity contribution in [2.24, 2.45) is 35.5 Å². The van der Waals surface area contributed by atoms with Gasteiger partial charge in [-0.3, -0.25) is 19.2 Å². The van der Waals surface area contributed by atoms with Gasteiger partial charge >= 0.3 is 11.9 Å². The first-order valence-corrected chi connectivity index (χ1v) is 23.2. The number of carbonyl (C=O) groups excluding carboxylic acids is 4. The number of ether oxygens (including phenoxy) is 6. The van der Waals surface area contributed by atoms with Crippen LogP contribution in [0.15, 0.2) is 0 Å². The molecule has 0 aromatic carbocycles. The van der Waals surface area contributed by atoms with Crippen LogP contribution in [0.25, 0.3) is 0 Å². The van der Waals surface area contributed by atoms with Crippen LogP contribution in [0, 0.1) is 35.5 Å². The summed E-state index contributed by atoms with van der Waals surface area (Å²) in [6.45, 7) is 8.87. The molecular weight excluding hydrogens is 780 g/mol. The molecule has 60 heavy (non-hydrogen) atoms. The van der Waals surface area contributed by atoms with Crippen molar-refractivity contribution in [1.29, 1.82) is 0 Å². The average molecular weight is 849 g/mol. The summed E-state index contributed by atoms with van der Waals surface area (Å²) in [6.07, 6.45) is 12.1. The maximum Gasteiger partial charge on any atom is 0.308 e. The molecule has 4 unspecified atom stereocenters. The van der Waals surface area contributed by atoms with Crippen molar-refractivity contribution in [1.82, 2.24) is 10.6 Å². The normalized spacial score (nSPS) is 42.5. The first-order valence-electron chi connectivity index (χ1n) is 23.2. The van der Waals surface area contributed by atoms with E-state index in [0.717, 1.165) is 103 Å². The summed E-state index contributed by atoms with van der Waals surface area (Å²) in [6, 6.07) is 0. The third-order valence-electron chi connectivity index (χ3n) is 15.1. The Morgan fingerprint density at radius 1 is 0.550 bits per heavy atom. The number of nitrogens with one attached hydrogen (secondary N) is 2. The van der Waals surface area contributed by atoms with E-state index >= 15 is 0 Å². The lowest BCUT2D eigenvalue weighted by Gasteiger charge is -2.58. The van der Waals surface area contributed by atoms with E-state index in [-0.39, 0.29) is 73.0 Å². The number of hydrogen-bond acceptors (Lipinski definition) is 14. The molecule has 0 radical (unpaired) electrons. The molecule has 8 saturated heterocycles. The van der Waals surface area contributed by atoms with Crippen LogP contribution in [0.4, 0.5) is 0 Å². The summed E-state index contributed by atoms with van der Waals surface area (Å²) in [5.41, 5.74) is -1.39. The van der Waals surface area contributed by atoms with Crippen molar-refractivity contribution in [3.05, 3.63) is 0 Å². The molecule has 16 heteroatoms. The predicted molar refractivity (Wildman–Crippen MR) is 209 cm³/mol. The Bertz CT molecular complexity index is 1460. The number of amides is 2. The maximum absolute atomic E-state index is 12.8. The fraction of sp³-hybridized carbons (Fsp3) is 0.909. The molecule has 8 heterocycles. The largest absolute Gasteiger partial charge is 0.435 e. The van der Waals surface area contributed by atoms with E-state index in [1.165, 1.54) is 0 Å². The molecule has 4 bridgehead atoms. The van der Waals surface area contributed by atoms with Crippen LogP contribution >= 0.6 is 0 Å². The molecule has 16 nitrogen and oxygen atoms in total. The number of hydrogen-bond donors (Lipinski definition) is 2. The summed E-state index contributed by atoms with van der Waals surface area (Å²) >= 11 is 0. The molecule has 2 spiro atoms. The summed E-state index contributed by atoms with van der Waals surface area (Å²) < 4.78 is 36.7. The van der Waals surface area contributed by atoms with E-state index < -0.39 is 59.9 Å². The Hall–Kier alpha value is -2.44. The molecule has 10 rings (SSSR count). The van der Waals surface area contributed by atoms with Gasteiger partial charge in [-0.1, -0.05) is 52.4 Å². The fourth-order valence-electron chi connectivity index (χ4n) is 11.7. The van der Waals surface area contributed by atoms with Crippen molar-refractivity contribution in [3.8, 4) is 0 Å². The second-order valence-electron chi connectivity index (χ2n) is 19.3. The second kappa shape index (κ2) is 18.3. The minimum Gasteiger partial charge on any atom is -0.435 e. The van der Waals surface area contributed by atoms with Gasteiger partial charge in [0.15, 0.2) is 23.8 Å². The molecule has 14 atom stereocenters. The lowest BCUT2D eigenvalue weighted by Crippen LogP contribution is -2.69. The molecule has 2 amide bonds. The molecule has 0 aromatic heterocycles. The highest BCUT2D eigenvalue weighted by atomic mass is 17.3. The zero-order chi connectivity index (χ0) is 42.1. The highest BCUT2D eigenvalue weighted by molar-refractivity contribution is 5.81. The van der Waals surface area contributed by atoms with E-state index in [4.69, 9.17) is 48.0 Å². The maximum atomic E-state index is 12.8. The molecule has 2 aliphatic carbocycles. The minimum atomic E-state index is -0.890. The van der Waals surface area contributed by atoms with Crippen molar-refractivity contribution in [2.45, 2.75) is 204 Å². The van der Waals surface area contributed by atoms with Crippen LogP contribution in [-0.4, -0.2) is 84.8 Å². The molecule has 338 valence electrons. The summed E-state index contributed by atoms with van der Waals surface area (Å²) in [4.78, 5) is 74.5. The number of fused-ring (bicyclic) bond motifs is 4. The van der Waals surface area contributed by atoms with Crippen LogP contribution < -0.4 is 10.6 Å². The average Bonchev–Trinajstić information content (AvgIpc) is 3.59. The van der Waals surface area contributed by atoms with Gasteiger partial charge in [-0.15, -0.1) is 0 Å². The topological polar surface area (TPSA) is 185 Å². The van der Waals surface area contributed by atoms with Crippen molar-refractivity contribution in [2.75, 3.05) is 13.1 Å². The number of carbonyl (C=O) groups is 4. The molecule has 10 fully saturated rings. The lowest BCUT2D eigenvalue weighted by molar-refractivity contribution is -0.575. The predicted octanol–water partition coefficient (Wildman–Crippen LogP) is 6.13. The summed E-state index contributed by atoms with van der Waals surface area (Å²) in [5, 5.41) is 5.82. The number of rotatable bonds is 17. The van der Waals surface area contributed by atoms with E-state index in [1.807, 2.05) is 27.7 Å². The molecule has 10 aliphatic rings. The SMILES string of the molecule is C[C@@H]1C2CCC[C@@H]3CCC4(C)OO[C@@]23[C@H](O[C@H]1OC(=O)CCC(=O)NCCCCCCCCNC(=O)CCC(=O)O[C@@H]1O[C@@H]2OC3(C)CC[C@H]5CCCC([C@H]1C)[C@]52OO3)O4. The van der Waals surface area contributed by atoms with Crippen LogP contribution in [0.2, 0.25) is 0 Å². The van der Waals surface area contributed by atoms with Gasteiger partial charge in [0.2, 0.25) is 36.0 Å². The summed E-state index contributed by atoms with van der Waals surface area (Å²) in [5.74, 6) is -2.64. The lowest BCUT2D eigenvalue weighted by atomic mass is 9.61. The van der Waals surface area contributed by atoms with Gasteiger partial charge in [-0.25, -0.2) is 19.6 Å². The van der Waals surface area contributed by atoms with Gasteiger partial charge < -0.3 is 39.1 Å². The minimum absolute atomic E-state index is 0.0290. The smallest absolute Gasteiger partial charge is 0.308 e. The first-order chi connectivity index (χ1) is 28.8. The van der Waals surface area contributed by atoms with E-state index in [2.05, 4.69) is 10.6 Å². The van der Waals surface area contributed by atoms with E-state index in [0.29, 0.717) is 13.1 Å². The zero-order valence-electron chi connectivity index (χ0n) is 36.0. The van der Waals surface area contributed by atoms with Crippen molar-refractivity contribution < 1.29 is 67.1 Å². The van der Waals surface area contributed by atoms with Crippen LogP contribution in [0.1, 0.15) is 156 Å². The van der Waals surface area contributed by atoms with E-state index in [1.54, 1.807) is 0 Å². The summed E-state index contributed by atoms with van der Waals surface area (Å²) in [7, 11) is 0. The Morgan fingerprint density at radius 2 is 0.967 bits per heavy atom. The van der Waals surface area contributed by atoms with Crippen molar-refractivity contribution >= 4 is 23.8 Å². The molecule has 2 saturated carbocycles. The highest BCUT2D eigenvalue weighted by Gasteiger charge is 2.70. The van der Waals surface area contributed by atoms with Crippen LogP contribution in [0.3, 0.4) is 0 Å². The van der Waals surface area contributed by atoms with Crippen LogP contribution in [0.5, 0.6) is 0 Å². The third kappa shape index (κ3) is 8.87. The van der Waals surface area contributed by atoms with E-state index in [9.17, 15) is 19.2 Å². The van der Waals surface area contributed by atoms with Gasteiger partial charge in [0, 0.05) is 62.4 Å². The van der Waals surface area contributed by atoms with Gasteiger partial charge in [-0.05, 0) is 77.0 Å². The third-order valence-corrected chi connectivity index (χ3v) is 15.1. The highest BCUT2D eigenvalue weighted by Crippen LogP contribution is 2.61. The Kier molecular flexibility index (Phi) is 13.5. The quantitative estimate of drug-likeness (QED) is 0.0968. The monoisotopic (exact) mass is 848 g/mol. The van der Waals surface area contributed by atoms with Gasteiger partial charge in [0.05, 0.1) is 12.8 Å². The Labute approximate surface area is 353 Å². The van der Waals surface area contributed by atoms with Gasteiger partial charge in [0.25, 0.3) is 0 Å². The van der Waals surface area contributed by atoms with Crippen molar-refractivity contribution in [3.63, 3.8) is 0 Å². The number of esters is 2. The molecule has 0 aromatic rings. The first kappa shape index (κ1) is 44.2. The van der Waals surface area contributed by atoms with Gasteiger partial charge in [-0.2, -0.15) is 0 Å². The fourth-order valence-corrected chi connectivity index (χ4v) is 11.7. The standard InChI is InChI=1S/C44H68N2O14/c1-27-31-15-11-13-29-21-23-41(3)55-39(43(29,31)59-57-41)53-37(27)51-35(49)19-17-33(47)45-25-9-7-5-6-8-10-26-46-34(48)18-20-36(50)52-38-28(2)32-16-12-14-30-22-24-42(4)56-40(54-38)44(30,32)60-58-42/h27-32,37-40H,5-26H2,1-4H3,(H,45,47)(H,46,48)/t27-,28-,29-,30-,31?,32?,37-,38-,39-,40-,41?,42?,43-,44-/m1/s1. The molecular formula is C44H68N2O14. The Balaban J connectivity index is 0.640. The number of unbranched alkanes of at least 4 members (excludes halogenated alkanes) is 5. The van der Waals surface area contributed by atoms with Crippen LogP contribution in [-0.2, 0) is 67.1 Å². The zero-order valence-corrected chi connectivity index (χ0v) is 36.0. The second-order valence-corrected chi connectivity index (χ2v) is 19.3.